The standard InChI is InChI=1S/C15H20O/c1-10(2)8-12-5-6-13-11(3)4-7-15(16)14(13)9-12/h5-6,9-11H,4,7-8H2,1-3H3. The van der Waals surface area contributed by atoms with E-state index in [9.17, 15) is 4.79 Å². The average Bonchev–Trinajstić information content (AvgIpc) is 2.23. The fourth-order valence-electron chi connectivity index (χ4n) is 2.51. The van der Waals surface area contributed by atoms with Gasteiger partial charge in [0, 0.05) is 12.0 Å². The summed E-state index contributed by atoms with van der Waals surface area (Å²) in [5.74, 6) is 1.52. The molecule has 1 unspecified atom stereocenters. The maximum Gasteiger partial charge on any atom is 0.163 e. The lowest BCUT2D eigenvalue weighted by Gasteiger charge is -2.22. The summed E-state index contributed by atoms with van der Waals surface area (Å²) in [5.41, 5.74) is 3.54. The number of Topliss-reactive ketones (excluding diaryl/α,β-unsaturated/α-hetero) is 1. The molecular weight excluding hydrogens is 196 g/mol. The highest BCUT2D eigenvalue weighted by Crippen LogP contribution is 2.31. The van der Waals surface area contributed by atoms with Crippen molar-refractivity contribution < 1.29 is 4.79 Å². The fourth-order valence-corrected chi connectivity index (χ4v) is 2.51. The van der Waals surface area contributed by atoms with Crippen LogP contribution in [0.4, 0.5) is 0 Å². The first-order valence-corrected chi connectivity index (χ1v) is 6.24. The van der Waals surface area contributed by atoms with Gasteiger partial charge in [0.05, 0.1) is 0 Å². The normalized spacial score (nSPS) is 20.0. The zero-order valence-electron chi connectivity index (χ0n) is 10.4. The van der Waals surface area contributed by atoms with Gasteiger partial charge in [-0.2, -0.15) is 0 Å². The van der Waals surface area contributed by atoms with Crippen molar-refractivity contribution in [2.45, 2.75) is 46.0 Å². The van der Waals surface area contributed by atoms with E-state index in [0.717, 1.165) is 24.8 Å². The molecule has 16 heavy (non-hydrogen) atoms. The molecule has 2 rings (SSSR count). The molecule has 1 aromatic carbocycles. The number of ketones is 1. The minimum atomic E-state index is 0.332. The zero-order chi connectivity index (χ0) is 11.7. The Labute approximate surface area is 97.9 Å². The highest BCUT2D eigenvalue weighted by molar-refractivity contribution is 5.98. The monoisotopic (exact) mass is 216 g/mol. The molecule has 0 aromatic heterocycles. The largest absolute Gasteiger partial charge is 0.294 e. The summed E-state index contributed by atoms with van der Waals surface area (Å²) >= 11 is 0. The molecule has 0 radical (unpaired) electrons. The van der Waals surface area contributed by atoms with Crippen molar-refractivity contribution in [1.82, 2.24) is 0 Å². The highest BCUT2D eigenvalue weighted by atomic mass is 16.1. The van der Waals surface area contributed by atoms with Crippen LogP contribution in [0.5, 0.6) is 0 Å². The second-order valence-electron chi connectivity index (χ2n) is 5.38. The number of hydrogen-bond acceptors (Lipinski definition) is 1. The van der Waals surface area contributed by atoms with Gasteiger partial charge in [-0.15, -0.1) is 0 Å². The Balaban J connectivity index is 2.36. The van der Waals surface area contributed by atoms with Crippen LogP contribution in [0.25, 0.3) is 0 Å². The Morgan fingerprint density at radius 1 is 1.38 bits per heavy atom. The van der Waals surface area contributed by atoms with Crippen LogP contribution >= 0.6 is 0 Å². The second kappa shape index (κ2) is 4.40. The molecule has 0 saturated heterocycles. The zero-order valence-corrected chi connectivity index (χ0v) is 10.4. The second-order valence-corrected chi connectivity index (χ2v) is 5.38. The number of hydrogen-bond donors (Lipinski definition) is 0. The number of rotatable bonds is 2. The van der Waals surface area contributed by atoms with Crippen molar-refractivity contribution in [2.75, 3.05) is 0 Å². The minimum absolute atomic E-state index is 0.332. The van der Waals surface area contributed by atoms with Crippen molar-refractivity contribution in [3.63, 3.8) is 0 Å². The maximum atomic E-state index is 11.9. The highest BCUT2D eigenvalue weighted by Gasteiger charge is 2.22. The van der Waals surface area contributed by atoms with E-state index < -0.39 is 0 Å². The van der Waals surface area contributed by atoms with Gasteiger partial charge in [-0.05, 0) is 41.9 Å². The maximum absolute atomic E-state index is 11.9. The van der Waals surface area contributed by atoms with Crippen molar-refractivity contribution >= 4 is 5.78 Å². The predicted molar refractivity (Wildman–Crippen MR) is 67.0 cm³/mol. The lowest BCUT2D eigenvalue weighted by atomic mass is 9.82. The number of carbonyl (C=O) groups is 1. The van der Waals surface area contributed by atoms with Crippen LogP contribution in [0.1, 0.15) is 61.0 Å². The molecule has 0 amide bonds. The van der Waals surface area contributed by atoms with E-state index in [0.29, 0.717) is 17.6 Å². The molecule has 0 N–H and O–H groups in total. The molecule has 1 aromatic rings. The SMILES string of the molecule is CC(C)Cc1ccc2c(c1)C(=O)CCC2C. The summed E-state index contributed by atoms with van der Waals surface area (Å²) < 4.78 is 0. The molecule has 0 spiro atoms. The van der Waals surface area contributed by atoms with Gasteiger partial charge in [-0.1, -0.05) is 32.9 Å². The van der Waals surface area contributed by atoms with Gasteiger partial charge in [0.15, 0.2) is 5.78 Å². The summed E-state index contributed by atoms with van der Waals surface area (Å²) in [4.78, 5) is 11.9. The van der Waals surface area contributed by atoms with Crippen LogP contribution < -0.4 is 0 Å². The van der Waals surface area contributed by atoms with Gasteiger partial charge in [0.2, 0.25) is 0 Å². The topological polar surface area (TPSA) is 17.1 Å². The lowest BCUT2D eigenvalue weighted by molar-refractivity contribution is 0.0968. The van der Waals surface area contributed by atoms with Gasteiger partial charge < -0.3 is 0 Å². The predicted octanol–water partition coefficient (Wildman–Crippen LogP) is 3.97. The van der Waals surface area contributed by atoms with Crippen LogP contribution in [-0.4, -0.2) is 5.78 Å². The molecular formula is C15H20O. The summed E-state index contributed by atoms with van der Waals surface area (Å²) in [5, 5.41) is 0. The third-order valence-electron chi connectivity index (χ3n) is 3.40. The first-order valence-electron chi connectivity index (χ1n) is 6.24. The Kier molecular flexibility index (Phi) is 3.13. The van der Waals surface area contributed by atoms with Gasteiger partial charge in [0.25, 0.3) is 0 Å². The van der Waals surface area contributed by atoms with Crippen molar-refractivity contribution in [3.8, 4) is 0 Å². The van der Waals surface area contributed by atoms with Crippen LogP contribution in [0.2, 0.25) is 0 Å². The van der Waals surface area contributed by atoms with Crippen LogP contribution in [-0.2, 0) is 6.42 Å². The van der Waals surface area contributed by atoms with Gasteiger partial charge >= 0.3 is 0 Å². The molecule has 1 aliphatic carbocycles. The fraction of sp³-hybridized carbons (Fsp3) is 0.533. The Morgan fingerprint density at radius 3 is 2.81 bits per heavy atom. The molecule has 1 atom stereocenters. The third-order valence-corrected chi connectivity index (χ3v) is 3.40. The Bertz CT molecular complexity index is 404. The minimum Gasteiger partial charge on any atom is -0.294 e. The summed E-state index contributed by atoms with van der Waals surface area (Å²) in [6, 6.07) is 6.47. The smallest absolute Gasteiger partial charge is 0.163 e. The molecule has 0 heterocycles. The van der Waals surface area contributed by atoms with Gasteiger partial charge in [-0.25, -0.2) is 0 Å². The molecule has 1 aliphatic rings. The number of carbonyl (C=O) groups excluding carboxylic acids is 1. The van der Waals surface area contributed by atoms with E-state index in [1.807, 2.05) is 0 Å². The summed E-state index contributed by atoms with van der Waals surface area (Å²) in [6.07, 6.45) is 2.80. The van der Waals surface area contributed by atoms with E-state index in [1.54, 1.807) is 0 Å². The molecule has 1 heteroatoms. The van der Waals surface area contributed by atoms with E-state index in [-0.39, 0.29) is 0 Å². The first kappa shape index (κ1) is 11.4. The summed E-state index contributed by atoms with van der Waals surface area (Å²) in [7, 11) is 0. The van der Waals surface area contributed by atoms with Crippen LogP contribution in [0, 0.1) is 5.92 Å². The van der Waals surface area contributed by atoms with Crippen molar-refractivity contribution in [2.24, 2.45) is 5.92 Å². The van der Waals surface area contributed by atoms with E-state index in [4.69, 9.17) is 0 Å². The molecule has 0 aliphatic heterocycles. The molecule has 0 fully saturated rings. The molecule has 1 nitrogen and oxygen atoms in total. The average molecular weight is 216 g/mol. The van der Waals surface area contributed by atoms with Gasteiger partial charge in [-0.3, -0.25) is 4.79 Å². The van der Waals surface area contributed by atoms with E-state index in [1.165, 1.54) is 11.1 Å². The Morgan fingerprint density at radius 2 is 2.12 bits per heavy atom. The molecule has 0 bridgehead atoms. The quantitative estimate of drug-likeness (QED) is 0.731. The number of fused-ring (bicyclic) bond motifs is 1. The molecule has 0 saturated carbocycles. The van der Waals surface area contributed by atoms with Gasteiger partial charge in [0.1, 0.15) is 0 Å². The van der Waals surface area contributed by atoms with Crippen molar-refractivity contribution in [3.05, 3.63) is 34.9 Å². The van der Waals surface area contributed by atoms with Crippen LogP contribution in [0.15, 0.2) is 18.2 Å². The van der Waals surface area contributed by atoms with E-state index >= 15 is 0 Å². The summed E-state index contributed by atoms with van der Waals surface area (Å²) in [6.45, 7) is 6.64. The third kappa shape index (κ3) is 2.18. The van der Waals surface area contributed by atoms with Crippen LogP contribution in [0.3, 0.4) is 0 Å². The Hall–Kier alpha value is -1.11. The first-order chi connectivity index (χ1) is 7.58. The van der Waals surface area contributed by atoms with Crippen molar-refractivity contribution in [1.29, 1.82) is 0 Å². The van der Waals surface area contributed by atoms with E-state index in [2.05, 4.69) is 39.0 Å². The lowest BCUT2D eigenvalue weighted by Crippen LogP contribution is -2.14. The molecule has 86 valence electrons. The number of benzene rings is 1.